The van der Waals surface area contributed by atoms with E-state index >= 15 is 0 Å². The van der Waals surface area contributed by atoms with E-state index in [1.54, 1.807) is 29.7 Å². The lowest BCUT2D eigenvalue weighted by Crippen LogP contribution is -2.30. The fraction of sp³-hybridized carbons (Fsp3) is 0.444. The fourth-order valence-electron chi connectivity index (χ4n) is 2.89. The number of hydrogen-bond donors (Lipinski definition) is 1. The number of nitrogens with one attached hydrogen (secondary N) is 1. The average Bonchev–Trinajstić information content (AvgIpc) is 3.01. The van der Waals surface area contributed by atoms with E-state index in [9.17, 15) is 9.59 Å². The van der Waals surface area contributed by atoms with Crippen LogP contribution in [0.4, 0.5) is 0 Å². The smallest absolute Gasteiger partial charge is 0.340 e. The van der Waals surface area contributed by atoms with Crippen molar-refractivity contribution >= 4 is 17.5 Å². The molecule has 7 heteroatoms. The first-order chi connectivity index (χ1) is 12.1. The molecule has 25 heavy (non-hydrogen) atoms. The number of carbonyl (C=O) groups is 2. The molecule has 1 N–H and O–H groups in total. The van der Waals surface area contributed by atoms with Crippen molar-refractivity contribution in [1.82, 2.24) is 19.9 Å². The molecular weight excluding hydrogens is 320 g/mol. The van der Waals surface area contributed by atoms with Crippen LogP contribution >= 0.6 is 0 Å². The zero-order chi connectivity index (χ0) is 17.6. The van der Waals surface area contributed by atoms with Gasteiger partial charge < -0.3 is 10.1 Å². The first-order valence-corrected chi connectivity index (χ1v) is 8.56. The molecule has 132 valence electrons. The Morgan fingerprint density at radius 2 is 2.16 bits per heavy atom. The quantitative estimate of drug-likeness (QED) is 0.642. The second-order valence-corrected chi connectivity index (χ2v) is 6.18. The van der Waals surface area contributed by atoms with Gasteiger partial charge in [-0.25, -0.2) is 4.79 Å². The summed E-state index contributed by atoms with van der Waals surface area (Å²) in [6, 6.07) is 3.30. The van der Waals surface area contributed by atoms with E-state index in [1.165, 1.54) is 18.4 Å². The summed E-state index contributed by atoms with van der Waals surface area (Å²) in [5.74, 6) is -0.147. The van der Waals surface area contributed by atoms with Gasteiger partial charge in [0.15, 0.2) is 12.3 Å². The van der Waals surface area contributed by atoms with Crippen molar-refractivity contribution in [2.24, 2.45) is 0 Å². The van der Waals surface area contributed by atoms with E-state index in [-0.39, 0.29) is 12.5 Å². The van der Waals surface area contributed by atoms with Crippen LogP contribution < -0.4 is 5.32 Å². The third-order valence-electron chi connectivity index (χ3n) is 4.30. The van der Waals surface area contributed by atoms with Crippen molar-refractivity contribution in [3.63, 3.8) is 0 Å². The Morgan fingerprint density at radius 1 is 1.28 bits per heavy atom. The fourth-order valence-corrected chi connectivity index (χ4v) is 2.89. The lowest BCUT2D eigenvalue weighted by Gasteiger charge is -2.13. The van der Waals surface area contributed by atoms with Crippen LogP contribution in [0.15, 0.2) is 30.0 Å². The molecule has 0 fully saturated rings. The molecule has 3 rings (SSSR count). The molecule has 0 saturated heterocycles. The molecule has 0 aromatic carbocycles. The number of aryl methyl sites for hydroxylation is 1. The Kier molecular flexibility index (Phi) is 5.42. The van der Waals surface area contributed by atoms with E-state index in [0.29, 0.717) is 23.6 Å². The first-order valence-electron chi connectivity index (χ1n) is 8.56. The SMILES string of the molecule is Cc1nnc2ccc(C(=O)OCC(=O)NCCC3=CCCCC3)cn12. The van der Waals surface area contributed by atoms with Crippen LogP contribution in [0.5, 0.6) is 0 Å². The molecule has 0 aliphatic heterocycles. The van der Waals surface area contributed by atoms with E-state index in [1.807, 2.05) is 0 Å². The first kappa shape index (κ1) is 17.1. The zero-order valence-electron chi connectivity index (χ0n) is 14.3. The van der Waals surface area contributed by atoms with E-state index in [2.05, 4.69) is 21.6 Å². The number of carbonyl (C=O) groups excluding carboxylic acids is 2. The van der Waals surface area contributed by atoms with E-state index < -0.39 is 5.97 Å². The Labute approximate surface area is 146 Å². The molecule has 0 radical (unpaired) electrons. The zero-order valence-corrected chi connectivity index (χ0v) is 14.3. The maximum atomic E-state index is 12.1. The number of amides is 1. The maximum Gasteiger partial charge on any atom is 0.340 e. The molecular formula is C18H22N4O3. The molecule has 0 atom stereocenters. The highest BCUT2D eigenvalue weighted by atomic mass is 16.5. The van der Waals surface area contributed by atoms with Crippen molar-refractivity contribution in [1.29, 1.82) is 0 Å². The standard InChI is InChI=1S/C18H22N4O3/c1-13-20-21-16-8-7-15(11-22(13)16)18(24)25-12-17(23)19-10-9-14-5-3-2-4-6-14/h5,7-8,11H,2-4,6,9-10,12H2,1H3,(H,19,23). The predicted octanol–water partition coefficient (Wildman–Crippen LogP) is 2.20. The van der Waals surface area contributed by atoms with Crippen molar-refractivity contribution in [2.45, 2.75) is 39.0 Å². The van der Waals surface area contributed by atoms with E-state index in [4.69, 9.17) is 4.74 Å². The number of esters is 1. The van der Waals surface area contributed by atoms with Gasteiger partial charge in [-0.15, -0.1) is 10.2 Å². The number of pyridine rings is 1. The van der Waals surface area contributed by atoms with Crippen LogP contribution in [0.2, 0.25) is 0 Å². The highest BCUT2D eigenvalue weighted by molar-refractivity contribution is 5.91. The number of aromatic nitrogens is 3. The number of hydrogen-bond acceptors (Lipinski definition) is 5. The minimum Gasteiger partial charge on any atom is -0.452 e. The van der Waals surface area contributed by atoms with Gasteiger partial charge in [-0.05, 0) is 51.2 Å². The molecule has 1 aliphatic carbocycles. The average molecular weight is 342 g/mol. The summed E-state index contributed by atoms with van der Waals surface area (Å²) in [6.07, 6.45) is 9.48. The molecule has 1 amide bonds. The van der Waals surface area contributed by atoms with Crippen molar-refractivity contribution in [2.75, 3.05) is 13.2 Å². The summed E-state index contributed by atoms with van der Waals surface area (Å²) in [5, 5.41) is 10.7. The van der Waals surface area contributed by atoms with Gasteiger partial charge in [0.1, 0.15) is 5.82 Å². The van der Waals surface area contributed by atoms with Crippen molar-refractivity contribution < 1.29 is 14.3 Å². The predicted molar refractivity (Wildman–Crippen MR) is 92.2 cm³/mol. The number of rotatable bonds is 6. The summed E-state index contributed by atoms with van der Waals surface area (Å²) in [4.78, 5) is 23.9. The van der Waals surface area contributed by atoms with E-state index in [0.717, 1.165) is 19.3 Å². The van der Waals surface area contributed by atoms with Crippen LogP contribution in [0.1, 0.15) is 48.3 Å². The molecule has 0 bridgehead atoms. The second-order valence-electron chi connectivity index (χ2n) is 6.18. The monoisotopic (exact) mass is 342 g/mol. The van der Waals surface area contributed by atoms with Gasteiger partial charge in [-0.1, -0.05) is 11.6 Å². The molecule has 2 heterocycles. The Bertz CT molecular complexity index is 810. The third-order valence-corrected chi connectivity index (χ3v) is 4.30. The van der Waals surface area contributed by atoms with Gasteiger partial charge in [0.25, 0.3) is 5.91 Å². The van der Waals surface area contributed by atoms with Crippen LogP contribution in [0.3, 0.4) is 0 Å². The van der Waals surface area contributed by atoms with Crippen LogP contribution in [0.25, 0.3) is 5.65 Å². The molecule has 0 spiro atoms. The number of nitrogens with zero attached hydrogens (tertiary/aromatic N) is 3. The Hall–Kier alpha value is -2.70. The van der Waals surface area contributed by atoms with Gasteiger partial charge in [-0.2, -0.15) is 0 Å². The van der Waals surface area contributed by atoms with Gasteiger partial charge in [0, 0.05) is 12.7 Å². The third kappa shape index (κ3) is 4.43. The van der Waals surface area contributed by atoms with Gasteiger partial charge in [0.2, 0.25) is 0 Å². The summed E-state index contributed by atoms with van der Waals surface area (Å²) < 4.78 is 6.78. The summed E-state index contributed by atoms with van der Waals surface area (Å²) in [7, 11) is 0. The minimum atomic E-state index is -0.542. The Morgan fingerprint density at radius 3 is 2.96 bits per heavy atom. The molecule has 1 aliphatic rings. The molecule has 0 saturated carbocycles. The van der Waals surface area contributed by atoms with Gasteiger partial charge in [0.05, 0.1) is 5.56 Å². The summed E-state index contributed by atoms with van der Waals surface area (Å²) in [5.41, 5.74) is 2.42. The summed E-state index contributed by atoms with van der Waals surface area (Å²) in [6.45, 7) is 2.09. The van der Waals surface area contributed by atoms with Gasteiger partial charge >= 0.3 is 5.97 Å². The lowest BCUT2D eigenvalue weighted by atomic mass is 9.97. The number of ether oxygens (including phenoxy) is 1. The highest BCUT2D eigenvalue weighted by Gasteiger charge is 2.12. The molecule has 2 aromatic heterocycles. The van der Waals surface area contributed by atoms with Gasteiger partial charge in [-0.3, -0.25) is 9.20 Å². The topological polar surface area (TPSA) is 85.6 Å². The molecule has 2 aromatic rings. The van der Waals surface area contributed by atoms with Crippen molar-refractivity contribution in [3.05, 3.63) is 41.4 Å². The normalized spacial score (nSPS) is 14.2. The van der Waals surface area contributed by atoms with Crippen LogP contribution in [-0.2, 0) is 9.53 Å². The van der Waals surface area contributed by atoms with Crippen molar-refractivity contribution in [3.8, 4) is 0 Å². The van der Waals surface area contributed by atoms with Crippen LogP contribution in [-0.4, -0.2) is 39.6 Å². The maximum absolute atomic E-state index is 12.1. The number of fused-ring (bicyclic) bond motifs is 1. The van der Waals surface area contributed by atoms with Crippen LogP contribution in [0, 0.1) is 6.92 Å². The largest absolute Gasteiger partial charge is 0.452 e. The number of allylic oxidation sites excluding steroid dienone is 1. The Balaban J connectivity index is 1.45. The molecule has 7 nitrogen and oxygen atoms in total. The highest BCUT2D eigenvalue weighted by Crippen LogP contribution is 2.19. The molecule has 0 unspecified atom stereocenters. The summed E-state index contributed by atoms with van der Waals surface area (Å²) >= 11 is 0. The second kappa shape index (κ2) is 7.92. The minimum absolute atomic E-state index is 0.281. The lowest BCUT2D eigenvalue weighted by molar-refractivity contribution is -0.124.